The van der Waals surface area contributed by atoms with Crippen molar-refractivity contribution in [1.29, 1.82) is 0 Å². The third-order valence-electron chi connectivity index (χ3n) is 3.15. The summed E-state index contributed by atoms with van der Waals surface area (Å²) < 4.78 is 0. The Kier molecular flexibility index (Phi) is 7.16. The smallest absolute Gasteiger partial charge is 0.0389 e. The first-order chi connectivity index (χ1) is 8.81. The topological polar surface area (TPSA) is 15.6 Å². The predicted octanol–water partition coefficient (Wildman–Crippen LogP) is 4.14. The maximum atomic E-state index is 4.46. The van der Waals surface area contributed by atoms with Gasteiger partial charge in [-0.15, -0.1) is 0 Å². The number of aliphatic imine (C=N–C) groups is 1. The molecule has 2 nitrogen and oxygen atoms in total. The van der Waals surface area contributed by atoms with Crippen LogP contribution in [0.1, 0.15) is 45.6 Å². The second-order valence-corrected chi connectivity index (χ2v) is 4.51. The molecule has 0 amide bonds. The molecule has 18 heavy (non-hydrogen) atoms. The summed E-state index contributed by atoms with van der Waals surface area (Å²) in [7, 11) is 0. The molecule has 1 aromatic rings. The van der Waals surface area contributed by atoms with Crippen LogP contribution >= 0.6 is 0 Å². The molecule has 2 heteroatoms. The van der Waals surface area contributed by atoms with Gasteiger partial charge in [0.15, 0.2) is 0 Å². The molecule has 0 aromatic heterocycles. The second-order valence-electron chi connectivity index (χ2n) is 4.51. The first kappa shape index (κ1) is 14.7. The van der Waals surface area contributed by atoms with E-state index in [1.165, 1.54) is 30.5 Å². The molecule has 0 aliphatic rings. The van der Waals surface area contributed by atoms with Crippen molar-refractivity contribution in [3.8, 4) is 0 Å². The van der Waals surface area contributed by atoms with Crippen molar-refractivity contribution in [2.75, 3.05) is 24.5 Å². The van der Waals surface area contributed by atoms with Gasteiger partial charge in [0, 0.05) is 31.5 Å². The fraction of sp³-hybridized carbons (Fsp3) is 0.562. The largest absolute Gasteiger partial charge is 0.372 e. The monoisotopic (exact) mass is 246 g/mol. The number of nitrogens with zero attached hydrogens (tertiary/aromatic N) is 2. The van der Waals surface area contributed by atoms with E-state index in [9.17, 15) is 0 Å². The van der Waals surface area contributed by atoms with Crippen molar-refractivity contribution in [3.63, 3.8) is 0 Å². The lowest BCUT2D eigenvalue weighted by Gasteiger charge is -2.20. The summed E-state index contributed by atoms with van der Waals surface area (Å²) in [6.45, 7) is 9.66. The zero-order chi connectivity index (χ0) is 13.2. The van der Waals surface area contributed by atoms with E-state index in [1.54, 1.807) is 0 Å². The summed E-state index contributed by atoms with van der Waals surface area (Å²) in [5, 5.41) is 0. The predicted molar refractivity (Wildman–Crippen MR) is 82.0 cm³/mol. The molecule has 100 valence electrons. The Hall–Kier alpha value is -1.31. The van der Waals surface area contributed by atoms with Gasteiger partial charge in [0.2, 0.25) is 0 Å². The molecule has 0 spiro atoms. The van der Waals surface area contributed by atoms with Crippen LogP contribution in [-0.2, 0) is 0 Å². The normalized spacial score (nSPS) is 11.1. The maximum absolute atomic E-state index is 4.46. The molecule has 1 rings (SSSR count). The fourth-order valence-electron chi connectivity index (χ4n) is 1.98. The van der Waals surface area contributed by atoms with E-state index < -0.39 is 0 Å². The Labute approximate surface area is 112 Å². The van der Waals surface area contributed by atoms with Crippen LogP contribution in [-0.4, -0.2) is 25.8 Å². The molecule has 1 aromatic carbocycles. The van der Waals surface area contributed by atoms with Crippen molar-refractivity contribution in [3.05, 3.63) is 29.8 Å². The van der Waals surface area contributed by atoms with E-state index in [4.69, 9.17) is 0 Å². The molecule has 0 radical (unpaired) electrons. The Morgan fingerprint density at radius 2 is 1.67 bits per heavy atom. The highest BCUT2D eigenvalue weighted by molar-refractivity contribution is 5.80. The number of rotatable bonds is 8. The fourth-order valence-corrected chi connectivity index (χ4v) is 1.98. The van der Waals surface area contributed by atoms with Gasteiger partial charge in [-0.3, -0.25) is 4.99 Å². The highest BCUT2D eigenvalue weighted by atomic mass is 15.1. The van der Waals surface area contributed by atoms with Crippen molar-refractivity contribution in [2.24, 2.45) is 4.99 Å². The van der Waals surface area contributed by atoms with Crippen molar-refractivity contribution in [2.45, 2.75) is 40.0 Å². The Morgan fingerprint density at radius 1 is 1.00 bits per heavy atom. The summed E-state index contributed by atoms with van der Waals surface area (Å²) in [4.78, 5) is 6.80. The Morgan fingerprint density at radius 3 is 2.22 bits per heavy atom. The van der Waals surface area contributed by atoms with E-state index >= 15 is 0 Å². The van der Waals surface area contributed by atoms with Gasteiger partial charge in [-0.2, -0.15) is 0 Å². The molecule has 0 aliphatic carbocycles. The average Bonchev–Trinajstić information content (AvgIpc) is 2.41. The average molecular weight is 246 g/mol. The molecular weight excluding hydrogens is 220 g/mol. The lowest BCUT2D eigenvalue weighted by molar-refractivity contribution is 0.729. The van der Waals surface area contributed by atoms with Gasteiger partial charge in [0.25, 0.3) is 0 Å². The van der Waals surface area contributed by atoms with Crippen LogP contribution in [0, 0.1) is 0 Å². The minimum atomic E-state index is 0.950. The van der Waals surface area contributed by atoms with Gasteiger partial charge in [0.05, 0.1) is 0 Å². The van der Waals surface area contributed by atoms with E-state index in [0.717, 1.165) is 19.6 Å². The van der Waals surface area contributed by atoms with Gasteiger partial charge in [-0.1, -0.05) is 31.9 Å². The van der Waals surface area contributed by atoms with Gasteiger partial charge >= 0.3 is 0 Å². The van der Waals surface area contributed by atoms with Crippen molar-refractivity contribution < 1.29 is 0 Å². The highest BCUT2D eigenvalue weighted by Crippen LogP contribution is 2.14. The van der Waals surface area contributed by atoms with Gasteiger partial charge in [-0.05, 0) is 38.0 Å². The number of anilines is 1. The molecule has 0 aliphatic heterocycles. The molecule has 0 N–H and O–H groups in total. The second kappa shape index (κ2) is 8.73. The van der Waals surface area contributed by atoms with Crippen LogP contribution in [0.15, 0.2) is 29.3 Å². The maximum Gasteiger partial charge on any atom is 0.0389 e. The standard InChI is InChI=1S/C16H26N2/c1-4-7-8-13-17-14-15-9-11-16(12-10-15)18(5-2)6-3/h9-12,14H,4-8,13H2,1-3H3. The molecule has 0 fully saturated rings. The van der Waals surface area contributed by atoms with Gasteiger partial charge in [-0.25, -0.2) is 0 Å². The molecule has 0 bridgehead atoms. The molecule has 0 saturated heterocycles. The zero-order valence-electron chi connectivity index (χ0n) is 12.0. The van der Waals surface area contributed by atoms with Crippen molar-refractivity contribution in [1.82, 2.24) is 0 Å². The van der Waals surface area contributed by atoms with Crippen LogP contribution in [0.5, 0.6) is 0 Å². The molecule has 0 heterocycles. The molecule has 0 unspecified atom stereocenters. The Bertz CT molecular complexity index is 337. The minimum absolute atomic E-state index is 0.950. The summed E-state index contributed by atoms with van der Waals surface area (Å²) in [6, 6.07) is 8.66. The molecule has 0 saturated carbocycles. The highest BCUT2D eigenvalue weighted by Gasteiger charge is 1.99. The van der Waals surface area contributed by atoms with Gasteiger partial charge < -0.3 is 4.90 Å². The zero-order valence-corrected chi connectivity index (χ0v) is 12.0. The summed E-state index contributed by atoms with van der Waals surface area (Å²) in [5.74, 6) is 0. The third-order valence-corrected chi connectivity index (χ3v) is 3.15. The molecular formula is C16H26N2. The van der Waals surface area contributed by atoms with E-state index in [2.05, 4.69) is 54.9 Å². The Balaban J connectivity index is 2.49. The number of unbranched alkanes of at least 4 members (excludes halogenated alkanes) is 2. The van der Waals surface area contributed by atoms with Crippen LogP contribution in [0.3, 0.4) is 0 Å². The van der Waals surface area contributed by atoms with Crippen LogP contribution in [0.25, 0.3) is 0 Å². The summed E-state index contributed by atoms with van der Waals surface area (Å²) in [6.07, 6.45) is 5.72. The van der Waals surface area contributed by atoms with Crippen LogP contribution in [0.2, 0.25) is 0 Å². The van der Waals surface area contributed by atoms with Crippen LogP contribution in [0.4, 0.5) is 5.69 Å². The van der Waals surface area contributed by atoms with E-state index in [1.807, 2.05) is 6.21 Å². The number of hydrogen-bond acceptors (Lipinski definition) is 2. The van der Waals surface area contributed by atoms with Crippen LogP contribution < -0.4 is 4.90 Å². The summed E-state index contributed by atoms with van der Waals surface area (Å²) in [5.41, 5.74) is 2.49. The van der Waals surface area contributed by atoms with Gasteiger partial charge in [0.1, 0.15) is 0 Å². The number of hydrogen-bond donors (Lipinski definition) is 0. The summed E-state index contributed by atoms with van der Waals surface area (Å²) >= 11 is 0. The lowest BCUT2D eigenvalue weighted by atomic mass is 10.2. The lowest BCUT2D eigenvalue weighted by Crippen LogP contribution is -2.21. The third kappa shape index (κ3) is 4.91. The first-order valence-corrected chi connectivity index (χ1v) is 7.16. The quantitative estimate of drug-likeness (QED) is 0.497. The first-order valence-electron chi connectivity index (χ1n) is 7.16. The SMILES string of the molecule is CCCCCN=Cc1ccc(N(CC)CC)cc1. The van der Waals surface area contributed by atoms with E-state index in [-0.39, 0.29) is 0 Å². The number of benzene rings is 1. The van der Waals surface area contributed by atoms with E-state index in [0.29, 0.717) is 0 Å². The minimum Gasteiger partial charge on any atom is -0.372 e. The molecule has 0 atom stereocenters. The van der Waals surface area contributed by atoms with Crippen molar-refractivity contribution >= 4 is 11.9 Å².